The zero-order valence-corrected chi connectivity index (χ0v) is 22.1. The van der Waals surface area contributed by atoms with Crippen molar-refractivity contribution in [1.29, 1.82) is 0 Å². The van der Waals surface area contributed by atoms with E-state index in [2.05, 4.69) is 40.9 Å². The zero-order valence-electron chi connectivity index (χ0n) is 21.3. The summed E-state index contributed by atoms with van der Waals surface area (Å²) in [5.74, 6) is -0.782. The van der Waals surface area contributed by atoms with Crippen molar-refractivity contribution < 1.29 is 27.5 Å². The maximum absolute atomic E-state index is 12.4. The number of amides is 2. The van der Waals surface area contributed by atoms with E-state index >= 15 is 0 Å². The third kappa shape index (κ3) is 9.41. The van der Waals surface area contributed by atoms with Crippen molar-refractivity contribution in [2.45, 2.75) is 44.9 Å². The molecule has 1 aromatic carbocycles. The molecule has 0 fully saturated rings. The lowest BCUT2D eigenvalue weighted by Gasteiger charge is -2.10. The molecule has 15 heteroatoms. The van der Waals surface area contributed by atoms with Crippen molar-refractivity contribution in [3.8, 4) is 5.75 Å². The number of aromatic nitrogens is 6. The molecule has 0 saturated carbocycles. The Hall–Kier alpha value is -4.40. The van der Waals surface area contributed by atoms with E-state index in [9.17, 15) is 22.8 Å². The molecule has 0 spiro atoms. The van der Waals surface area contributed by atoms with Crippen LogP contribution in [0.5, 0.6) is 5.75 Å². The van der Waals surface area contributed by atoms with Gasteiger partial charge in [-0.1, -0.05) is 23.5 Å². The highest BCUT2D eigenvalue weighted by atomic mass is 32.1. The number of nitrogens with zero attached hydrogens (tertiary/aromatic N) is 6. The van der Waals surface area contributed by atoms with Crippen LogP contribution < -0.4 is 15.4 Å². The van der Waals surface area contributed by atoms with Crippen molar-refractivity contribution in [1.82, 2.24) is 30.2 Å². The maximum atomic E-state index is 12.4. The predicted octanol–water partition coefficient (Wildman–Crippen LogP) is 3.89. The summed E-state index contributed by atoms with van der Waals surface area (Å²) in [7, 11) is 1.79. The van der Waals surface area contributed by atoms with Crippen LogP contribution in [0.25, 0.3) is 0 Å². The van der Waals surface area contributed by atoms with Crippen molar-refractivity contribution in [3.63, 3.8) is 0 Å². The quantitative estimate of drug-likeness (QED) is 0.243. The number of carbonyl (C=O) groups is 2. The Kier molecular flexibility index (Phi) is 9.37. The van der Waals surface area contributed by atoms with Crippen molar-refractivity contribution in [3.05, 3.63) is 70.6 Å². The number of carbonyl (C=O) groups excluding carboxylic acids is 2. The minimum absolute atomic E-state index is 0.153. The first-order valence-electron chi connectivity index (χ1n) is 12.2. The minimum Gasteiger partial charge on any atom is -0.406 e. The van der Waals surface area contributed by atoms with Gasteiger partial charge in [-0.2, -0.15) is 10.2 Å². The summed E-state index contributed by atoms with van der Waals surface area (Å²) in [6.07, 6.45) is 1.69. The molecule has 0 aliphatic carbocycles. The Morgan fingerprint density at radius 2 is 1.73 bits per heavy atom. The van der Waals surface area contributed by atoms with Gasteiger partial charge in [0.05, 0.1) is 24.7 Å². The monoisotopic (exact) mass is 574 g/mol. The lowest BCUT2D eigenvalue weighted by molar-refractivity contribution is -0.274. The van der Waals surface area contributed by atoms with Crippen LogP contribution in [-0.4, -0.2) is 48.4 Å². The number of rotatable bonds is 12. The molecule has 40 heavy (non-hydrogen) atoms. The number of nitrogens with one attached hydrogen (secondary N) is 2. The van der Waals surface area contributed by atoms with Crippen LogP contribution in [0, 0.1) is 0 Å². The molecule has 0 radical (unpaired) electrons. The molecule has 0 saturated heterocycles. The summed E-state index contributed by atoms with van der Waals surface area (Å²) in [6.45, 7) is 0. The zero-order chi connectivity index (χ0) is 28.5. The molecule has 2 amide bonds. The molecule has 0 bridgehead atoms. The van der Waals surface area contributed by atoms with Gasteiger partial charge in [-0.3, -0.25) is 14.3 Å². The summed E-state index contributed by atoms with van der Waals surface area (Å²) in [5.41, 5.74) is 1.92. The van der Waals surface area contributed by atoms with Gasteiger partial charge in [0.1, 0.15) is 10.8 Å². The molecule has 0 aliphatic heterocycles. The van der Waals surface area contributed by atoms with Crippen LogP contribution in [-0.2, 0) is 42.3 Å². The molecule has 2 N–H and O–H groups in total. The maximum Gasteiger partial charge on any atom is 0.573 e. The average molecular weight is 575 g/mol. The lowest BCUT2D eigenvalue weighted by Crippen LogP contribution is -2.18. The number of halogens is 3. The Morgan fingerprint density at radius 1 is 0.950 bits per heavy atom. The Labute approximate surface area is 230 Å². The molecular formula is C25H25F3N8O3S. The molecule has 0 aliphatic rings. The molecule has 210 valence electrons. The number of alkyl halides is 3. The number of unbranched alkanes of at least 4 members (excludes halogenated alkanes) is 1. The second-order valence-electron chi connectivity index (χ2n) is 8.79. The average Bonchev–Trinajstić information content (AvgIpc) is 3.50. The Morgan fingerprint density at radius 3 is 2.45 bits per heavy atom. The van der Waals surface area contributed by atoms with E-state index in [0.717, 1.165) is 41.2 Å². The summed E-state index contributed by atoms with van der Waals surface area (Å²) in [6, 6.07) is 8.60. The third-order valence-electron chi connectivity index (χ3n) is 5.39. The van der Waals surface area contributed by atoms with Gasteiger partial charge in [0, 0.05) is 19.7 Å². The third-order valence-corrected chi connectivity index (χ3v) is 6.29. The van der Waals surface area contributed by atoms with E-state index in [0.29, 0.717) is 23.5 Å². The van der Waals surface area contributed by atoms with Gasteiger partial charge < -0.3 is 15.4 Å². The first kappa shape index (κ1) is 28.6. The summed E-state index contributed by atoms with van der Waals surface area (Å²) < 4.78 is 42.7. The van der Waals surface area contributed by atoms with Gasteiger partial charge in [0.2, 0.25) is 16.9 Å². The Bertz CT molecular complexity index is 1440. The molecular weight excluding hydrogens is 549 g/mol. The molecule has 4 rings (SSSR count). The van der Waals surface area contributed by atoms with Crippen molar-refractivity contribution >= 4 is 34.1 Å². The highest BCUT2D eigenvalue weighted by Gasteiger charge is 2.31. The lowest BCUT2D eigenvalue weighted by atomic mass is 10.1. The number of benzene rings is 1. The van der Waals surface area contributed by atoms with Crippen LogP contribution in [0.1, 0.15) is 34.7 Å². The summed E-state index contributed by atoms with van der Waals surface area (Å²) >= 11 is 1.33. The van der Waals surface area contributed by atoms with Crippen molar-refractivity contribution in [2.24, 2.45) is 7.05 Å². The van der Waals surface area contributed by atoms with Crippen molar-refractivity contribution in [2.75, 3.05) is 10.6 Å². The molecule has 3 aromatic heterocycles. The molecule has 0 atom stereocenters. The minimum atomic E-state index is -4.81. The summed E-state index contributed by atoms with van der Waals surface area (Å²) in [5, 5.41) is 26.9. The topological polar surface area (TPSA) is 137 Å². The van der Waals surface area contributed by atoms with Gasteiger partial charge in [0.25, 0.3) is 0 Å². The number of hydrogen-bond donors (Lipinski definition) is 2. The highest BCUT2D eigenvalue weighted by Crippen LogP contribution is 2.23. The second kappa shape index (κ2) is 13.1. The fraction of sp³-hybridized carbons (Fsp3) is 0.320. The number of hydrogen-bond acceptors (Lipinski definition) is 9. The molecule has 4 aromatic rings. The van der Waals surface area contributed by atoms with Gasteiger partial charge in [0.15, 0.2) is 5.82 Å². The van der Waals surface area contributed by atoms with Crippen LogP contribution >= 0.6 is 11.3 Å². The largest absolute Gasteiger partial charge is 0.573 e. The van der Waals surface area contributed by atoms with Gasteiger partial charge in [-0.15, -0.1) is 28.5 Å². The molecule has 11 nitrogen and oxygen atoms in total. The first-order valence-corrected chi connectivity index (χ1v) is 13.0. The van der Waals surface area contributed by atoms with E-state index in [1.54, 1.807) is 36.3 Å². The highest BCUT2D eigenvalue weighted by molar-refractivity contribution is 7.15. The molecule has 0 unspecified atom stereocenters. The van der Waals surface area contributed by atoms with E-state index < -0.39 is 18.0 Å². The normalized spacial score (nSPS) is 11.3. The smallest absolute Gasteiger partial charge is 0.406 e. The Balaban J connectivity index is 1.15. The van der Waals surface area contributed by atoms with Crippen LogP contribution in [0.4, 0.5) is 24.1 Å². The van der Waals surface area contributed by atoms with Gasteiger partial charge in [-0.05, 0) is 54.7 Å². The van der Waals surface area contributed by atoms with E-state index in [-0.39, 0.29) is 24.6 Å². The van der Waals surface area contributed by atoms with Gasteiger partial charge >= 0.3 is 6.36 Å². The number of ether oxygens (including phenoxy) is 1. The summed E-state index contributed by atoms with van der Waals surface area (Å²) in [4.78, 5) is 24.4. The fourth-order valence-electron chi connectivity index (χ4n) is 3.68. The first-order chi connectivity index (χ1) is 19.1. The van der Waals surface area contributed by atoms with Crippen LogP contribution in [0.15, 0.2) is 48.8 Å². The van der Waals surface area contributed by atoms with E-state index in [1.807, 2.05) is 0 Å². The fourth-order valence-corrected chi connectivity index (χ4v) is 4.48. The number of aryl methyl sites for hydroxylation is 3. The number of anilines is 2. The SMILES string of the molecule is Cn1cc(CC(=O)Nc2nnc(CCCCc3ccc(NC(=O)Cc4cccc(OC(F)(F)F)c4)nn3)s2)cn1. The molecule has 3 heterocycles. The second-order valence-corrected chi connectivity index (χ2v) is 9.85. The predicted molar refractivity (Wildman–Crippen MR) is 140 cm³/mol. The van der Waals surface area contributed by atoms with Crippen LogP contribution in [0.2, 0.25) is 0 Å². The van der Waals surface area contributed by atoms with Gasteiger partial charge in [-0.25, -0.2) is 0 Å². The van der Waals surface area contributed by atoms with E-state index in [1.165, 1.54) is 23.5 Å². The standard InChI is InChI=1S/C25H25F3N8O3S/c1-36-15-17(14-29-36)13-22(38)31-24-35-34-23(40-24)8-3-2-6-18-9-10-20(33-32-18)30-21(37)12-16-5-4-7-19(11-16)39-25(26,27)28/h4-5,7,9-11,14-15H,2-3,6,8,12-13H2,1H3,(H,30,33,37)(H,31,35,38). The van der Waals surface area contributed by atoms with E-state index in [4.69, 9.17) is 0 Å². The van der Waals surface area contributed by atoms with Crippen LogP contribution in [0.3, 0.4) is 0 Å².